The van der Waals surface area contributed by atoms with Gasteiger partial charge in [0.15, 0.2) is 11.6 Å². The molecular formula is C34H30F2N2O3S2. The van der Waals surface area contributed by atoms with E-state index in [0.717, 1.165) is 33.7 Å². The lowest BCUT2D eigenvalue weighted by atomic mass is 10.0. The SMILES string of the molecule is COCCNCc1ccc(-c2cc3nccc(Oc4ccc(CC(=S)CC(=O)Cc5ccccc5F)cc4F)c3s2)cc1. The van der Waals surface area contributed by atoms with E-state index in [1.165, 1.54) is 29.0 Å². The van der Waals surface area contributed by atoms with Gasteiger partial charge in [0.05, 0.1) is 16.8 Å². The van der Waals surface area contributed by atoms with Gasteiger partial charge in [-0.25, -0.2) is 8.78 Å². The molecule has 0 saturated heterocycles. The number of nitrogens with one attached hydrogen (secondary N) is 1. The summed E-state index contributed by atoms with van der Waals surface area (Å²) >= 11 is 6.93. The summed E-state index contributed by atoms with van der Waals surface area (Å²) in [7, 11) is 1.68. The Hall–Kier alpha value is -3.89. The van der Waals surface area contributed by atoms with E-state index in [1.807, 2.05) is 6.07 Å². The second-order valence-corrected chi connectivity index (χ2v) is 11.7. The molecule has 0 radical (unpaired) electrons. The molecule has 0 aliphatic heterocycles. The highest BCUT2D eigenvalue weighted by atomic mass is 32.1. The minimum Gasteiger partial charge on any atom is -0.453 e. The zero-order chi connectivity index (χ0) is 30.2. The number of thiophene rings is 1. The molecule has 0 spiro atoms. The first-order chi connectivity index (χ1) is 20.9. The van der Waals surface area contributed by atoms with Crippen LogP contribution in [0.1, 0.15) is 23.1 Å². The second-order valence-electron chi connectivity index (χ2n) is 10.1. The van der Waals surface area contributed by atoms with Crippen LogP contribution in [-0.2, 0) is 28.9 Å². The van der Waals surface area contributed by atoms with E-state index < -0.39 is 11.6 Å². The van der Waals surface area contributed by atoms with Gasteiger partial charge >= 0.3 is 0 Å². The van der Waals surface area contributed by atoms with Gasteiger partial charge in [0.1, 0.15) is 17.3 Å². The van der Waals surface area contributed by atoms with Crippen molar-refractivity contribution >= 4 is 44.4 Å². The van der Waals surface area contributed by atoms with Gasteiger partial charge in [-0.2, -0.15) is 0 Å². The normalized spacial score (nSPS) is 11.1. The zero-order valence-electron chi connectivity index (χ0n) is 23.6. The van der Waals surface area contributed by atoms with Crippen LogP contribution in [0.2, 0.25) is 0 Å². The van der Waals surface area contributed by atoms with Crippen LogP contribution in [0.5, 0.6) is 11.5 Å². The van der Waals surface area contributed by atoms with Gasteiger partial charge in [-0.05, 0) is 46.5 Å². The second kappa shape index (κ2) is 14.5. The molecular weight excluding hydrogens is 587 g/mol. The maximum atomic E-state index is 15.1. The van der Waals surface area contributed by atoms with E-state index in [4.69, 9.17) is 21.7 Å². The van der Waals surface area contributed by atoms with Gasteiger partial charge < -0.3 is 14.8 Å². The van der Waals surface area contributed by atoms with E-state index >= 15 is 4.39 Å². The first-order valence-corrected chi connectivity index (χ1v) is 15.0. The van der Waals surface area contributed by atoms with Crippen molar-refractivity contribution in [2.24, 2.45) is 0 Å². The van der Waals surface area contributed by atoms with Crippen molar-refractivity contribution in [2.45, 2.75) is 25.8 Å². The van der Waals surface area contributed by atoms with Crippen molar-refractivity contribution in [3.63, 3.8) is 0 Å². The highest BCUT2D eigenvalue weighted by molar-refractivity contribution is 7.80. The smallest absolute Gasteiger partial charge is 0.166 e. The highest BCUT2D eigenvalue weighted by Gasteiger charge is 2.15. The molecule has 1 N–H and O–H groups in total. The van der Waals surface area contributed by atoms with E-state index in [-0.39, 0.29) is 30.8 Å². The predicted molar refractivity (Wildman–Crippen MR) is 171 cm³/mol. The first-order valence-electron chi connectivity index (χ1n) is 13.8. The molecule has 3 aromatic carbocycles. The molecule has 0 aliphatic rings. The maximum absolute atomic E-state index is 15.1. The first kappa shape index (κ1) is 30.6. The lowest BCUT2D eigenvalue weighted by molar-refractivity contribution is -0.117. The zero-order valence-corrected chi connectivity index (χ0v) is 25.2. The molecule has 220 valence electrons. The highest BCUT2D eigenvalue weighted by Crippen LogP contribution is 2.39. The van der Waals surface area contributed by atoms with Crippen molar-refractivity contribution in [3.8, 4) is 21.9 Å². The van der Waals surface area contributed by atoms with E-state index in [0.29, 0.717) is 28.3 Å². The molecule has 0 amide bonds. The Bertz CT molecular complexity index is 1740. The lowest BCUT2D eigenvalue weighted by Gasteiger charge is -2.10. The Labute approximate surface area is 258 Å². The Morgan fingerprint density at radius 3 is 2.49 bits per heavy atom. The average molecular weight is 617 g/mol. The Balaban J connectivity index is 1.22. The molecule has 0 unspecified atom stereocenters. The van der Waals surface area contributed by atoms with Gasteiger partial charge in [-0.15, -0.1) is 11.3 Å². The Morgan fingerprint density at radius 1 is 0.930 bits per heavy atom. The number of ether oxygens (including phenoxy) is 2. The fourth-order valence-electron chi connectivity index (χ4n) is 4.61. The third kappa shape index (κ3) is 8.14. The van der Waals surface area contributed by atoms with Crippen molar-refractivity contribution in [2.75, 3.05) is 20.3 Å². The number of carbonyl (C=O) groups excluding carboxylic acids is 1. The van der Waals surface area contributed by atoms with Gasteiger partial charge in [0, 0.05) is 61.5 Å². The van der Waals surface area contributed by atoms with Gasteiger partial charge in [-0.3, -0.25) is 9.78 Å². The third-order valence-corrected chi connectivity index (χ3v) is 8.26. The molecule has 0 atom stereocenters. The van der Waals surface area contributed by atoms with Crippen LogP contribution in [-0.4, -0.2) is 35.9 Å². The summed E-state index contributed by atoms with van der Waals surface area (Å²) < 4.78 is 40.9. The molecule has 0 bridgehead atoms. The summed E-state index contributed by atoms with van der Waals surface area (Å²) in [5.41, 5.74) is 3.98. The molecule has 43 heavy (non-hydrogen) atoms. The summed E-state index contributed by atoms with van der Waals surface area (Å²) in [6.07, 6.45) is 1.89. The molecule has 0 aliphatic carbocycles. The standard InChI is InChI=1S/C34H30F2N2O3S2/c1-40-15-14-37-21-22-6-9-24(10-7-22)33-20-30-34(43-33)32(12-13-38-30)41-31-11-8-23(17-29(31)36)16-27(42)19-26(39)18-25-4-2-3-5-28(25)35/h2-13,17,20,37H,14-16,18-19,21H2,1H3. The van der Waals surface area contributed by atoms with Crippen LogP contribution in [0.15, 0.2) is 85.1 Å². The fourth-order valence-corrected chi connectivity index (χ4v) is 6.01. The number of pyridine rings is 1. The number of halogens is 2. The van der Waals surface area contributed by atoms with Gasteiger partial charge in [0.2, 0.25) is 0 Å². The number of ketones is 1. The quantitative estimate of drug-likeness (QED) is 0.101. The Kier molecular flexibility index (Phi) is 10.3. The minimum atomic E-state index is -0.533. The van der Waals surface area contributed by atoms with Crippen molar-refractivity contribution in [1.29, 1.82) is 0 Å². The number of fused-ring (bicyclic) bond motifs is 1. The molecule has 2 heterocycles. The molecule has 0 saturated carbocycles. The lowest BCUT2D eigenvalue weighted by Crippen LogP contribution is -2.18. The van der Waals surface area contributed by atoms with Gasteiger partial charge in [-0.1, -0.05) is 60.7 Å². The van der Waals surface area contributed by atoms with Crippen molar-refractivity contribution in [1.82, 2.24) is 10.3 Å². The Morgan fingerprint density at radius 2 is 1.72 bits per heavy atom. The molecule has 0 fully saturated rings. The molecule has 5 nitrogen and oxygen atoms in total. The van der Waals surface area contributed by atoms with Crippen LogP contribution >= 0.6 is 23.6 Å². The summed E-state index contributed by atoms with van der Waals surface area (Å²) in [5.74, 6) is -0.534. The average Bonchev–Trinajstić information content (AvgIpc) is 3.44. The van der Waals surface area contributed by atoms with Crippen molar-refractivity contribution < 1.29 is 23.0 Å². The van der Waals surface area contributed by atoms with Crippen molar-refractivity contribution in [3.05, 3.63) is 113 Å². The van der Waals surface area contributed by atoms with E-state index in [1.54, 1.807) is 49.7 Å². The number of hydrogen-bond donors (Lipinski definition) is 1. The molecule has 5 aromatic rings. The number of Topliss-reactive ketones (excluding diaryl/α,β-unsaturated/α-hetero) is 1. The summed E-state index contributed by atoms with van der Waals surface area (Å²) in [6, 6.07) is 22.9. The molecule has 2 aromatic heterocycles. The van der Waals surface area contributed by atoms with Crippen LogP contribution in [0.4, 0.5) is 8.78 Å². The summed E-state index contributed by atoms with van der Waals surface area (Å²) in [4.78, 5) is 18.4. The number of aromatic nitrogens is 1. The predicted octanol–water partition coefficient (Wildman–Crippen LogP) is 7.88. The number of methoxy groups -OCH3 is 1. The third-order valence-electron chi connectivity index (χ3n) is 6.78. The van der Waals surface area contributed by atoms with E-state index in [2.05, 4.69) is 34.6 Å². The fraction of sp³-hybridized carbons (Fsp3) is 0.206. The minimum absolute atomic E-state index is 0.0211. The number of rotatable bonds is 14. The van der Waals surface area contributed by atoms with Crippen LogP contribution < -0.4 is 10.1 Å². The molecule has 9 heteroatoms. The monoisotopic (exact) mass is 616 g/mol. The number of thiocarbonyl (C=S) groups is 1. The van der Waals surface area contributed by atoms with Crippen LogP contribution in [0.25, 0.3) is 20.7 Å². The summed E-state index contributed by atoms with van der Waals surface area (Å²) in [5, 5.41) is 3.34. The number of carbonyl (C=O) groups is 1. The van der Waals surface area contributed by atoms with E-state index in [9.17, 15) is 9.18 Å². The topological polar surface area (TPSA) is 60.4 Å². The maximum Gasteiger partial charge on any atom is 0.166 e. The summed E-state index contributed by atoms with van der Waals surface area (Å²) in [6.45, 7) is 2.22. The number of hydrogen-bond acceptors (Lipinski definition) is 7. The number of nitrogens with zero attached hydrogens (tertiary/aromatic N) is 1. The van der Waals surface area contributed by atoms with Crippen LogP contribution in [0.3, 0.4) is 0 Å². The molecule has 5 rings (SSSR count). The largest absolute Gasteiger partial charge is 0.453 e. The van der Waals surface area contributed by atoms with Gasteiger partial charge in [0.25, 0.3) is 0 Å². The van der Waals surface area contributed by atoms with Crippen LogP contribution in [0, 0.1) is 11.6 Å². The number of benzene rings is 3.